The minimum absolute atomic E-state index is 0.0817. The molecule has 0 radical (unpaired) electrons. The number of nitrogens with zero attached hydrogens (tertiary/aromatic N) is 3. The summed E-state index contributed by atoms with van der Waals surface area (Å²) in [6.45, 7) is 0. The molecule has 0 aliphatic heterocycles. The maximum absolute atomic E-state index is 12.4. The van der Waals surface area contributed by atoms with E-state index in [-0.39, 0.29) is 5.91 Å². The number of carbonyl (C=O) groups excluding carboxylic acids is 1. The number of amides is 1. The molecule has 0 saturated carbocycles. The van der Waals surface area contributed by atoms with E-state index >= 15 is 0 Å². The van der Waals surface area contributed by atoms with Crippen molar-refractivity contribution in [3.63, 3.8) is 0 Å². The van der Waals surface area contributed by atoms with E-state index in [1.807, 2.05) is 35.0 Å². The number of aromatic nitrogens is 2. The Labute approximate surface area is 210 Å². The van der Waals surface area contributed by atoms with Gasteiger partial charge in [0.05, 0.1) is 16.1 Å². The van der Waals surface area contributed by atoms with Gasteiger partial charge in [0, 0.05) is 23.2 Å². The van der Waals surface area contributed by atoms with Crippen LogP contribution in [0.25, 0.3) is 10.6 Å². The van der Waals surface area contributed by atoms with Crippen LogP contribution in [0.1, 0.15) is 41.1 Å². The normalized spacial score (nSPS) is 14.9. The van der Waals surface area contributed by atoms with Crippen LogP contribution < -0.4 is 5.32 Å². The molecule has 0 bridgehead atoms. The number of hydrogen-bond donors (Lipinski definition) is 1. The molecule has 1 amide bonds. The average molecular weight is 503 g/mol. The molecule has 5 rings (SSSR count). The van der Waals surface area contributed by atoms with Crippen LogP contribution in [0.5, 0.6) is 0 Å². The van der Waals surface area contributed by atoms with Crippen molar-refractivity contribution < 1.29 is 4.79 Å². The Balaban J connectivity index is 1.18. The molecule has 4 aromatic rings. The van der Waals surface area contributed by atoms with E-state index in [0.29, 0.717) is 28.8 Å². The van der Waals surface area contributed by atoms with Crippen molar-refractivity contribution >= 4 is 45.5 Å². The van der Waals surface area contributed by atoms with Crippen LogP contribution in [0.15, 0.2) is 64.3 Å². The van der Waals surface area contributed by atoms with Crippen molar-refractivity contribution in [3.8, 4) is 16.6 Å². The molecule has 8 heteroatoms. The first kappa shape index (κ1) is 22.8. The van der Waals surface area contributed by atoms with E-state index in [2.05, 4.69) is 40.6 Å². The summed E-state index contributed by atoms with van der Waals surface area (Å²) in [6.07, 6.45) is 3.21. The van der Waals surface area contributed by atoms with E-state index in [0.717, 1.165) is 40.6 Å². The number of fused-ring (bicyclic) bond motifs is 1. The number of thiazole rings is 1. The molecule has 0 spiro atoms. The van der Waals surface area contributed by atoms with E-state index in [1.54, 1.807) is 11.3 Å². The molecule has 1 aliphatic rings. The summed E-state index contributed by atoms with van der Waals surface area (Å²) in [7, 11) is 0. The summed E-state index contributed by atoms with van der Waals surface area (Å²) in [6, 6.07) is 18.9. The maximum Gasteiger partial charge on any atom is 0.226 e. The molecule has 5 nitrogen and oxygen atoms in total. The first-order valence-corrected chi connectivity index (χ1v) is 13.8. The molecular formula is C26H22N4OS3. The van der Waals surface area contributed by atoms with Gasteiger partial charge in [-0.2, -0.15) is 5.26 Å². The standard InChI is InChI=1S/C26H22N4OS3/c27-15-20-14-19-13-18(17-5-2-1-3-6-17)8-9-21(19)28-25(20)33-12-10-24(31)30-26-29-22(16-34-26)23-7-4-11-32-23/h1-7,11,14,16,18H,8-10,12-13H2,(H,29,30,31). The monoisotopic (exact) mass is 502 g/mol. The number of aryl methyl sites for hydroxylation is 1. The van der Waals surface area contributed by atoms with Gasteiger partial charge in [0.2, 0.25) is 5.91 Å². The van der Waals surface area contributed by atoms with Crippen molar-refractivity contribution in [2.24, 2.45) is 0 Å². The van der Waals surface area contributed by atoms with Gasteiger partial charge in [0.1, 0.15) is 11.1 Å². The van der Waals surface area contributed by atoms with E-state index < -0.39 is 0 Å². The highest BCUT2D eigenvalue weighted by Crippen LogP contribution is 2.34. The number of pyridine rings is 1. The lowest BCUT2D eigenvalue weighted by atomic mass is 9.82. The second kappa shape index (κ2) is 10.5. The molecule has 1 unspecified atom stereocenters. The third kappa shape index (κ3) is 5.22. The molecule has 0 fully saturated rings. The van der Waals surface area contributed by atoms with Gasteiger partial charge in [-0.15, -0.1) is 34.4 Å². The zero-order valence-corrected chi connectivity index (χ0v) is 20.8. The van der Waals surface area contributed by atoms with Crippen molar-refractivity contribution in [2.45, 2.75) is 36.6 Å². The smallest absolute Gasteiger partial charge is 0.226 e. The molecule has 1 N–H and O–H groups in total. The molecule has 170 valence electrons. The fourth-order valence-electron chi connectivity index (χ4n) is 4.14. The highest BCUT2D eigenvalue weighted by Gasteiger charge is 2.23. The second-order valence-corrected chi connectivity index (χ2v) is 11.0. The predicted molar refractivity (Wildman–Crippen MR) is 140 cm³/mol. The molecule has 1 aliphatic carbocycles. The molecule has 0 saturated heterocycles. The predicted octanol–water partition coefficient (Wildman–Crippen LogP) is 6.53. The van der Waals surface area contributed by atoms with Gasteiger partial charge >= 0.3 is 0 Å². The first-order chi connectivity index (χ1) is 16.7. The van der Waals surface area contributed by atoms with Crippen LogP contribution >= 0.6 is 34.4 Å². The van der Waals surface area contributed by atoms with Crippen molar-refractivity contribution in [3.05, 3.63) is 81.7 Å². The summed E-state index contributed by atoms with van der Waals surface area (Å²) < 4.78 is 0. The lowest BCUT2D eigenvalue weighted by Crippen LogP contribution is -2.15. The lowest BCUT2D eigenvalue weighted by Gasteiger charge is -2.25. The molecule has 3 aromatic heterocycles. The summed E-state index contributed by atoms with van der Waals surface area (Å²) in [5, 5.41) is 17.9. The topological polar surface area (TPSA) is 78.7 Å². The van der Waals surface area contributed by atoms with Crippen LogP contribution in [0, 0.1) is 11.3 Å². The van der Waals surface area contributed by atoms with Gasteiger partial charge in [-0.05, 0) is 53.8 Å². The first-order valence-electron chi connectivity index (χ1n) is 11.1. The summed E-state index contributed by atoms with van der Waals surface area (Å²) in [4.78, 5) is 22.8. The number of hydrogen-bond acceptors (Lipinski definition) is 7. The summed E-state index contributed by atoms with van der Waals surface area (Å²) in [5.74, 6) is 0.944. The molecule has 1 aromatic carbocycles. The Morgan fingerprint density at radius 2 is 2.06 bits per heavy atom. The van der Waals surface area contributed by atoms with E-state index in [9.17, 15) is 10.1 Å². The largest absolute Gasteiger partial charge is 0.302 e. The Morgan fingerprint density at radius 1 is 1.18 bits per heavy atom. The third-order valence-corrected chi connectivity index (χ3v) is 8.48. The fourth-order valence-corrected chi connectivity index (χ4v) is 6.54. The van der Waals surface area contributed by atoms with Crippen molar-refractivity contribution in [2.75, 3.05) is 11.1 Å². The Hall–Kier alpha value is -2.99. The number of anilines is 1. The maximum atomic E-state index is 12.4. The number of nitriles is 1. The zero-order valence-electron chi connectivity index (χ0n) is 18.4. The molecule has 1 atom stereocenters. The molecule has 34 heavy (non-hydrogen) atoms. The third-order valence-electron chi connectivity index (χ3n) is 5.84. The van der Waals surface area contributed by atoms with Gasteiger partial charge < -0.3 is 5.32 Å². The number of benzene rings is 1. The Kier molecular flexibility index (Phi) is 7.05. The van der Waals surface area contributed by atoms with E-state index in [1.165, 1.54) is 34.2 Å². The van der Waals surface area contributed by atoms with Gasteiger partial charge in [-0.25, -0.2) is 9.97 Å². The van der Waals surface area contributed by atoms with Crippen LogP contribution in [0.4, 0.5) is 5.13 Å². The minimum Gasteiger partial charge on any atom is -0.302 e. The van der Waals surface area contributed by atoms with Gasteiger partial charge in [-0.1, -0.05) is 36.4 Å². The number of rotatable bonds is 7. The van der Waals surface area contributed by atoms with Crippen LogP contribution in [-0.4, -0.2) is 21.6 Å². The fraction of sp³-hybridized carbons (Fsp3) is 0.231. The Bertz CT molecular complexity index is 1330. The number of nitrogens with one attached hydrogen (secondary N) is 1. The van der Waals surface area contributed by atoms with Crippen molar-refractivity contribution in [1.29, 1.82) is 5.26 Å². The summed E-state index contributed by atoms with van der Waals surface area (Å²) >= 11 is 4.53. The van der Waals surface area contributed by atoms with Crippen LogP contribution in [-0.2, 0) is 17.6 Å². The zero-order chi connectivity index (χ0) is 23.3. The molecular weight excluding hydrogens is 481 g/mol. The molecule has 3 heterocycles. The second-order valence-electron chi connectivity index (χ2n) is 8.07. The van der Waals surface area contributed by atoms with Crippen molar-refractivity contribution in [1.82, 2.24) is 9.97 Å². The highest BCUT2D eigenvalue weighted by atomic mass is 32.2. The van der Waals surface area contributed by atoms with Gasteiger partial charge in [-0.3, -0.25) is 4.79 Å². The quantitative estimate of drug-likeness (QED) is 0.291. The Morgan fingerprint density at radius 3 is 2.85 bits per heavy atom. The minimum atomic E-state index is -0.0817. The number of carbonyl (C=O) groups is 1. The highest BCUT2D eigenvalue weighted by molar-refractivity contribution is 7.99. The lowest BCUT2D eigenvalue weighted by molar-refractivity contribution is -0.115. The van der Waals surface area contributed by atoms with E-state index in [4.69, 9.17) is 4.98 Å². The summed E-state index contributed by atoms with van der Waals surface area (Å²) in [5.41, 5.74) is 5.08. The SMILES string of the molecule is N#Cc1cc2c(nc1SCCC(=O)Nc1nc(-c3cccs3)cs1)CCC(c1ccccc1)C2. The van der Waals surface area contributed by atoms with Gasteiger partial charge in [0.15, 0.2) is 5.13 Å². The number of thioether (sulfide) groups is 1. The van der Waals surface area contributed by atoms with Gasteiger partial charge in [0.25, 0.3) is 0 Å². The average Bonchev–Trinajstić information content (AvgIpc) is 3.56. The van der Waals surface area contributed by atoms with Crippen LogP contribution in [0.2, 0.25) is 0 Å². The van der Waals surface area contributed by atoms with Crippen LogP contribution in [0.3, 0.4) is 0 Å². The number of thiophene rings is 1.